The Balaban J connectivity index is 1.55. The number of nitrogens with one attached hydrogen (secondary N) is 1. The Kier molecular flexibility index (Phi) is 8.47. The van der Waals surface area contributed by atoms with Crippen molar-refractivity contribution < 1.29 is 14.4 Å². The summed E-state index contributed by atoms with van der Waals surface area (Å²) >= 11 is 0. The van der Waals surface area contributed by atoms with Crippen molar-refractivity contribution in [2.45, 2.75) is 77.8 Å². The second kappa shape index (κ2) is 11.5. The lowest BCUT2D eigenvalue weighted by Gasteiger charge is -2.51. The zero-order valence-corrected chi connectivity index (χ0v) is 23.4. The van der Waals surface area contributed by atoms with E-state index < -0.39 is 11.2 Å². The molecule has 0 aliphatic carbocycles. The van der Waals surface area contributed by atoms with Crippen LogP contribution in [0, 0.1) is 23.7 Å². The molecule has 10 heteroatoms. The van der Waals surface area contributed by atoms with Crippen LogP contribution >= 0.6 is 0 Å². The molecule has 10 nitrogen and oxygen atoms in total. The number of nitrogens with zero attached hydrogens (tertiary/aromatic N) is 4. The van der Waals surface area contributed by atoms with Gasteiger partial charge in [-0.1, -0.05) is 20.8 Å². The Morgan fingerprint density at radius 2 is 1.74 bits per heavy atom. The van der Waals surface area contributed by atoms with Crippen molar-refractivity contribution in [3.8, 4) is 0 Å². The van der Waals surface area contributed by atoms with E-state index in [-0.39, 0.29) is 53.3 Å². The van der Waals surface area contributed by atoms with E-state index in [2.05, 4.69) is 26.1 Å². The summed E-state index contributed by atoms with van der Waals surface area (Å²) in [6.45, 7) is 7.90. The molecule has 5 atom stereocenters. The number of rotatable bonds is 2. The van der Waals surface area contributed by atoms with Crippen molar-refractivity contribution in [1.82, 2.24) is 24.3 Å². The molecule has 3 aliphatic heterocycles. The van der Waals surface area contributed by atoms with Crippen LogP contribution in [-0.2, 0) is 23.7 Å². The molecule has 38 heavy (non-hydrogen) atoms. The number of amides is 3. The third kappa shape index (κ3) is 5.89. The molecular formula is C28H43N5O5. The van der Waals surface area contributed by atoms with Crippen molar-refractivity contribution in [2.24, 2.45) is 37.8 Å². The van der Waals surface area contributed by atoms with E-state index in [1.165, 1.54) is 24.7 Å². The van der Waals surface area contributed by atoms with E-state index in [1.54, 1.807) is 4.90 Å². The smallest absolute Gasteiger partial charge is 0.331 e. The van der Waals surface area contributed by atoms with E-state index in [1.807, 2.05) is 4.90 Å². The van der Waals surface area contributed by atoms with Crippen molar-refractivity contribution in [3.05, 3.63) is 32.6 Å². The van der Waals surface area contributed by atoms with Crippen molar-refractivity contribution >= 4 is 17.7 Å². The van der Waals surface area contributed by atoms with Gasteiger partial charge in [-0.2, -0.15) is 0 Å². The molecule has 0 saturated carbocycles. The van der Waals surface area contributed by atoms with Gasteiger partial charge in [0.15, 0.2) is 0 Å². The van der Waals surface area contributed by atoms with Crippen LogP contribution in [0.3, 0.4) is 0 Å². The molecule has 1 aromatic rings. The number of hydrogen-bond donors (Lipinski definition) is 1. The molecule has 3 fully saturated rings. The number of likely N-dealkylation sites (tertiary alicyclic amines) is 1. The zero-order chi connectivity index (χ0) is 27.7. The normalized spacial score (nSPS) is 29.2. The predicted molar refractivity (Wildman–Crippen MR) is 144 cm³/mol. The lowest BCUT2D eigenvalue weighted by molar-refractivity contribution is -0.141. The maximum atomic E-state index is 13.5. The SMILES string of the molecule is CC(C)[C@@H]1CC[C@@H](C)CC(=O)N2C[C@H]3C[C@H](CN(C(=O)c4cc(=O)n(C)c(=O)n4C)C3)[C@@H]2CCCC(=O)N1. The number of carbonyl (C=O) groups is 3. The van der Waals surface area contributed by atoms with Crippen LogP contribution in [-0.4, -0.2) is 68.4 Å². The second-order valence-electron chi connectivity index (χ2n) is 12.2. The molecule has 0 spiro atoms. The number of aromatic nitrogens is 2. The highest BCUT2D eigenvalue weighted by Gasteiger charge is 2.44. The second-order valence-corrected chi connectivity index (χ2v) is 12.2. The van der Waals surface area contributed by atoms with Gasteiger partial charge in [-0.05, 0) is 55.8 Å². The van der Waals surface area contributed by atoms with Crippen molar-refractivity contribution in [3.63, 3.8) is 0 Å². The topological polar surface area (TPSA) is 114 Å². The average molecular weight is 530 g/mol. The number of carbonyl (C=O) groups excluding carboxylic acids is 3. The Morgan fingerprint density at radius 3 is 2.45 bits per heavy atom. The molecule has 4 heterocycles. The maximum absolute atomic E-state index is 13.5. The Hall–Kier alpha value is -2.91. The monoisotopic (exact) mass is 529 g/mol. The van der Waals surface area contributed by atoms with Crippen LogP contribution in [0.5, 0.6) is 0 Å². The lowest BCUT2D eigenvalue weighted by Crippen LogP contribution is -2.60. The summed E-state index contributed by atoms with van der Waals surface area (Å²) < 4.78 is 2.21. The van der Waals surface area contributed by atoms with E-state index >= 15 is 0 Å². The molecule has 1 aromatic heterocycles. The lowest BCUT2D eigenvalue weighted by atomic mass is 9.77. The minimum Gasteiger partial charge on any atom is -0.353 e. The fourth-order valence-corrected chi connectivity index (χ4v) is 6.57. The van der Waals surface area contributed by atoms with Gasteiger partial charge in [-0.15, -0.1) is 0 Å². The fraction of sp³-hybridized carbons (Fsp3) is 0.750. The van der Waals surface area contributed by atoms with Crippen LogP contribution in [0.25, 0.3) is 0 Å². The van der Waals surface area contributed by atoms with Crippen LogP contribution < -0.4 is 16.6 Å². The first kappa shape index (κ1) is 28.1. The standard InChI is InChI=1S/C28H43N5O5/c1-17(2)21-10-9-18(3)11-26(36)33-15-19-12-20(22(33)7-6-8-24(34)29-21)16-32(14-19)27(37)23-13-25(35)31(5)28(38)30(23)4/h13,17-22H,6-12,14-16H2,1-5H3,(H,29,34)/t18-,19+,20-,21+,22+/m1/s1. The van der Waals surface area contributed by atoms with E-state index in [0.29, 0.717) is 51.2 Å². The van der Waals surface area contributed by atoms with Gasteiger partial charge in [0.25, 0.3) is 11.5 Å². The van der Waals surface area contributed by atoms with Crippen LogP contribution in [0.1, 0.15) is 76.2 Å². The number of hydrogen-bond acceptors (Lipinski definition) is 5. The first-order chi connectivity index (χ1) is 18.0. The van der Waals surface area contributed by atoms with Gasteiger partial charge in [0.1, 0.15) is 5.69 Å². The number of piperidine rings is 2. The largest absolute Gasteiger partial charge is 0.353 e. The molecule has 3 saturated heterocycles. The van der Waals surface area contributed by atoms with E-state index in [4.69, 9.17) is 0 Å². The minimum atomic E-state index is -0.530. The third-order valence-corrected chi connectivity index (χ3v) is 8.87. The molecule has 2 bridgehead atoms. The molecule has 0 aromatic carbocycles. The quantitative estimate of drug-likeness (QED) is 0.624. The van der Waals surface area contributed by atoms with Gasteiger partial charge in [-0.25, -0.2) is 4.79 Å². The summed E-state index contributed by atoms with van der Waals surface area (Å²) in [6, 6.07) is 1.31. The molecule has 3 amide bonds. The maximum Gasteiger partial charge on any atom is 0.331 e. The summed E-state index contributed by atoms with van der Waals surface area (Å²) in [6.07, 6.45) is 4.98. The third-order valence-electron chi connectivity index (χ3n) is 8.87. The molecular weight excluding hydrogens is 486 g/mol. The van der Waals surface area contributed by atoms with Gasteiger partial charge < -0.3 is 15.1 Å². The fourth-order valence-electron chi connectivity index (χ4n) is 6.57. The molecule has 0 unspecified atom stereocenters. The van der Waals surface area contributed by atoms with Crippen molar-refractivity contribution in [1.29, 1.82) is 0 Å². The molecule has 0 radical (unpaired) electrons. The summed E-state index contributed by atoms with van der Waals surface area (Å²) in [7, 11) is 2.90. The van der Waals surface area contributed by atoms with Gasteiger partial charge in [0, 0.05) is 64.7 Å². The first-order valence-corrected chi connectivity index (χ1v) is 14.1. The highest BCUT2D eigenvalue weighted by molar-refractivity contribution is 5.92. The summed E-state index contributed by atoms with van der Waals surface area (Å²) in [5.41, 5.74) is -0.948. The Morgan fingerprint density at radius 1 is 1.00 bits per heavy atom. The van der Waals surface area contributed by atoms with Gasteiger partial charge >= 0.3 is 5.69 Å². The molecule has 1 N–H and O–H groups in total. The highest BCUT2D eigenvalue weighted by Crippen LogP contribution is 2.37. The van der Waals surface area contributed by atoms with Crippen molar-refractivity contribution in [2.75, 3.05) is 19.6 Å². The molecule has 4 rings (SSSR count). The van der Waals surface area contributed by atoms with Crippen LogP contribution in [0.4, 0.5) is 0 Å². The van der Waals surface area contributed by atoms with Gasteiger partial charge in [0.05, 0.1) is 0 Å². The Labute approximate surface area is 224 Å². The van der Waals surface area contributed by atoms with Crippen LogP contribution in [0.15, 0.2) is 15.7 Å². The summed E-state index contributed by atoms with van der Waals surface area (Å²) in [4.78, 5) is 68.2. The predicted octanol–water partition coefficient (Wildman–Crippen LogP) is 1.50. The number of fused-ring (bicyclic) bond motifs is 4. The Bertz CT molecular complexity index is 1190. The van der Waals surface area contributed by atoms with E-state index in [0.717, 1.165) is 23.8 Å². The summed E-state index contributed by atoms with van der Waals surface area (Å²) in [5, 5.41) is 3.21. The first-order valence-electron chi connectivity index (χ1n) is 14.1. The van der Waals surface area contributed by atoms with Gasteiger partial charge in [-0.3, -0.25) is 28.3 Å². The average Bonchev–Trinajstić information content (AvgIpc) is 2.87. The van der Waals surface area contributed by atoms with E-state index in [9.17, 15) is 24.0 Å². The van der Waals surface area contributed by atoms with Gasteiger partial charge in [0.2, 0.25) is 11.8 Å². The summed E-state index contributed by atoms with van der Waals surface area (Å²) in [5.74, 6) is 0.704. The highest BCUT2D eigenvalue weighted by atomic mass is 16.2. The van der Waals surface area contributed by atoms with Crippen LogP contribution in [0.2, 0.25) is 0 Å². The minimum absolute atomic E-state index is 0.0385. The molecule has 3 aliphatic rings. The zero-order valence-electron chi connectivity index (χ0n) is 23.4. The molecule has 210 valence electrons.